The third kappa shape index (κ3) is 3.79. The van der Waals surface area contributed by atoms with Gasteiger partial charge in [0.25, 0.3) is 5.91 Å². The Labute approximate surface area is 152 Å². The predicted octanol–water partition coefficient (Wildman–Crippen LogP) is 3.01. The van der Waals surface area contributed by atoms with Gasteiger partial charge in [-0.15, -0.1) is 0 Å². The third-order valence-corrected chi connectivity index (χ3v) is 4.16. The van der Waals surface area contributed by atoms with Crippen molar-refractivity contribution in [2.24, 2.45) is 0 Å². The van der Waals surface area contributed by atoms with Crippen molar-refractivity contribution in [2.75, 3.05) is 11.9 Å². The Morgan fingerprint density at radius 1 is 1.08 bits per heavy atom. The van der Waals surface area contributed by atoms with Crippen LogP contribution in [0.4, 0.5) is 5.69 Å². The van der Waals surface area contributed by atoms with Crippen LogP contribution in [0.5, 0.6) is 11.5 Å². The van der Waals surface area contributed by atoms with E-state index in [1.807, 2.05) is 38.1 Å². The summed E-state index contributed by atoms with van der Waals surface area (Å²) in [7, 11) is 0. The summed E-state index contributed by atoms with van der Waals surface area (Å²) < 4.78 is 16.4. The molecule has 2 atom stereocenters. The zero-order chi connectivity index (χ0) is 18.7. The number of fused-ring (bicyclic) bond motifs is 1. The van der Waals surface area contributed by atoms with E-state index < -0.39 is 24.1 Å². The molecule has 0 fully saturated rings. The smallest absolute Gasteiger partial charge is 0.351 e. The molecule has 2 aromatic carbocycles. The van der Waals surface area contributed by atoms with Gasteiger partial charge in [-0.3, -0.25) is 4.79 Å². The van der Waals surface area contributed by atoms with E-state index in [1.54, 1.807) is 18.2 Å². The summed E-state index contributed by atoms with van der Waals surface area (Å²) in [6.07, 6.45) is -1.86. The van der Waals surface area contributed by atoms with E-state index >= 15 is 0 Å². The summed E-state index contributed by atoms with van der Waals surface area (Å²) in [4.78, 5) is 24.7. The maximum atomic E-state index is 12.4. The lowest BCUT2D eigenvalue weighted by molar-refractivity contribution is -0.162. The van der Waals surface area contributed by atoms with Gasteiger partial charge in [0.05, 0.1) is 0 Å². The average Bonchev–Trinajstić information content (AvgIpc) is 2.64. The normalized spacial score (nSPS) is 16.5. The number of rotatable bonds is 4. The van der Waals surface area contributed by atoms with Gasteiger partial charge >= 0.3 is 5.97 Å². The first-order valence-electron chi connectivity index (χ1n) is 8.42. The van der Waals surface area contributed by atoms with E-state index in [0.29, 0.717) is 11.5 Å². The summed E-state index contributed by atoms with van der Waals surface area (Å²) in [6.45, 7) is 5.38. The van der Waals surface area contributed by atoms with Crippen LogP contribution in [0, 0.1) is 13.8 Å². The van der Waals surface area contributed by atoms with Crippen LogP contribution in [0.3, 0.4) is 0 Å². The second-order valence-corrected chi connectivity index (χ2v) is 6.20. The van der Waals surface area contributed by atoms with Crippen LogP contribution in [0.1, 0.15) is 18.1 Å². The van der Waals surface area contributed by atoms with Crippen LogP contribution in [0.15, 0.2) is 42.5 Å². The Bertz CT molecular complexity index is 812. The lowest BCUT2D eigenvalue weighted by atomic mass is 10.1. The molecule has 1 aliphatic heterocycles. The largest absolute Gasteiger partial charge is 0.485 e. The number of hydrogen-bond acceptors (Lipinski definition) is 5. The SMILES string of the molecule is Cc1cccc(C)c1NC(=O)[C@H](C)OC(=O)[C@@H]1COc2ccccc2O1. The fourth-order valence-corrected chi connectivity index (χ4v) is 2.68. The van der Waals surface area contributed by atoms with Gasteiger partial charge in [-0.05, 0) is 44.0 Å². The topological polar surface area (TPSA) is 73.9 Å². The highest BCUT2D eigenvalue weighted by Gasteiger charge is 2.31. The van der Waals surface area contributed by atoms with Gasteiger partial charge < -0.3 is 19.5 Å². The maximum Gasteiger partial charge on any atom is 0.351 e. The number of carbonyl (C=O) groups is 2. The van der Waals surface area contributed by atoms with E-state index in [1.165, 1.54) is 6.92 Å². The fourth-order valence-electron chi connectivity index (χ4n) is 2.68. The van der Waals surface area contributed by atoms with Gasteiger partial charge in [-0.2, -0.15) is 0 Å². The minimum Gasteiger partial charge on any atom is -0.485 e. The number of para-hydroxylation sites is 3. The van der Waals surface area contributed by atoms with Crippen molar-refractivity contribution in [2.45, 2.75) is 33.0 Å². The molecule has 1 N–H and O–H groups in total. The maximum absolute atomic E-state index is 12.4. The first-order valence-corrected chi connectivity index (χ1v) is 8.42. The molecule has 0 bridgehead atoms. The Morgan fingerprint density at radius 2 is 1.73 bits per heavy atom. The summed E-state index contributed by atoms with van der Waals surface area (Å²) in [6, 6.07) is 12.8. The van der Waals surface area contributed by atoms with Crippen molar-refractivity contribution in [1.29, 1.82) is 0 Å². The number of amides is 1. The molecule has 136 valence electrons. The standard InChI is InChI=1S/C20H21NO5/c1-12-7-6-8-13(2)18(12)21-19(22)14(3)25-20(23)17-11-24-15-9-4-5-10-16(15)26-17/h4-10,14,17H,11H2,1-3H3,(H,21,22)/t14-,17-/m0/s1. The highest BCUT2D eigenvalue weighted by Crippen LogP contribution is 2.31. The Balaban J connectivity index is 1.60. The van der Waals surface area contributed by atoms with Crippen LogP contribution in [-0.2, 0) is 14.3 Å². The van der Waals surface area contributed by atoms with E-state index in [9.17, 15) is 9.59 Å². The van der Waals surface area contributed by atoms with Gasteiger partial charge in [0.15, 0.2) is 17.6 Å². The molecule has 6 nitrogen and oxygen atoms in total. The summed E-state index contributed by atoms with van der Waals surface area (Å²) >= 11 is 0. The lowest BCUT2D eigenvalue weighted by Crippen LogP contribution is -2.41. The molecule has 26 heavy (non-hydrogen) atoms. The molecule has 0 spiro atoms. The third-order valence-electron chi connectivity index (χ3n) is 4.16. The van der Waals surface area contributed by atoms with Gasteiger partial charge in [-0.25, -0.2) is 4.79 Å². The van der Waals surface area contributed by atoms with Gasteiger partial charge in [0.2, 0.25) is 6.10 Å². The molecule has 0 aromatic heterocycles. The van der Waals surface area contributed by atoms with Crippen molar-refractivity contribution >= 4 is 17.6 Å². The van der Waals surface area contributed by atoms with Crippen molar-refractivity contribution in [3.05, 3.63) is 53.6 Å². The Kier molecular flexibility index (Phi) is 5.11. The highest BCUT2D eigenvalue weighted by atomic mass is 16.6. The first kappa shape index (κ1) is 17.8. The molecule has 3 rings (SSSR count). The van der Waals surface area contributed by atoms with Crippen LogP contribution in [0.2, 0.25) is 0 Å². The molecule has 0 radical (unpaired) electrons. The molecule has 6 heteroatoms. The van der Waals surface area contributed by atoms with Crippen molar-refractivity contribution in [3.63, 3.8) is 0 Å². The first-order chi connectivity index (χ1) is 12.5. The minimum absolute atomic E-state index is 0.0427. The van der Waals surface area contributed by atoms with Gasteiger partial charge in [0.1, 0.15) is 6.61 Å². The summed E-state index contributed by atoms with van der Waals surface area (Å²) in [5, 5.41) is 2.81. The number of hydrogen-bond donors (Lipinski definition) is 1. The number of esters is 1. The molecule has 0 unspecified atom stereocenters. The fraction of sp³-hybridized carbons (Fsp3) is 0.300. The average molecular weight is 355 g/mol. The number of carbonyl (C=O) groups excluding carboxylic acids is 2. The molecule has 1 aliphatic rings. The molecule has 1 amide bonds. The predicted molar refractivity (Wildman–Crippen MR) is 96.5 cm³/mol. The molecule has 2 aromatic rings. The molecule has 0 aliphatic carbocycles. The highest BCUT2D eigenvalue weighted by molar-refractivity contribution is 5.96. The van der Waals surface area contributed by atoms with Crippen LogP contribution < -0.4 is 14.8 Å². The van der Waals surface area contributed by atoms with Crippen molar-refractivity contribution in [3.8, 4) is 11.5 Å². The van der Waals surface area contributed by atoms with E-state index in [-0.39, 0.29) is 6.61 Å². The van der Waals surface area contributed by atoms with Crippen LogP contribution in [-0.4, -0.2) is 30.7 Å². The zero-order valence-corrected chi connectivity index (χ0v) is 14.9. The van der Waals surface area contributed by atoms with Crippen LogP contribution in [0.25, 0.3) is 0 Å². The molecular weight excluding hydrogens is 334 g/mol. The second-order valence-electron chi connectivity index (χ2n) is 6.20. The van der Waals surface area contributed by atoms with Gasteiger partial charge in [-0.1, -0.05) is 30.3 Å². The number of nitrogens with one attached hydrogen (secondary N) is 1. The Morgan fingerprint density at radius 3 is 2.42 bits per heavy atom. The van der Waals surface area contributed by atoms with E-state index in [2.05, 4.69) is 5.32 Å². The molecule has 0 saturated carbocycles. The summed E-state index contributed by atoms with van der Waals surface area (Å²) in [5.41, 5.74) is 2.61. The number of ether oxygens (including phenoxy) is 3. The quantitative estimate of drug-likeness (QED) is 0.854. The minimum atomic E-state index is -0.956. The number of aryl methyl sites for hydroxylation is 2. The van der Waals surface area contributed by atoms with Gasteiger partial charge in [0, 0.05) is 5.69 Å². The monoisotopic (exact) mass is 355 g/mol. The van der Waals surface area contributed by atoms with Crippen molar-refractivity contribution in [1.82, 2.24) is 0 Å². The second kappa shape index (κ2) is 7.47. The van der Waals surface area contributed by atoms with E-state index in [0.717, 1.165) is 16.8 Å². The number of anilines is 1. The summed E-state index contributed by atoms with van der Waals surface area (Å²) in [5.74, 6) is 0.0299. The molecule has 0 saturated heterocycles. The zero-order valence-electron chi connectivity index (χ0n) is 14.9. The lowest BCUT2D eigenvalue weighted by Gasteiger charge is -2.26. The molecule has 1 heterocycles. The van der Waals surface area contributed by atoms with Crippen LogP contribution >= 0.6 is 0 Å². The van der Waals surface area contributed by atoms with Crippen molar-refractivity contribution < 1.29 is 23.8 Å². The van der Waals surface area contributed by atoms with E-state index in [4.69, 9.17) is 14.2 Å². The molecular formula is C20H21NO5. The number of benzene rings is 2. The Hall–Kier alpha value is -3.02.